The summed E-state index contributed by atoms with van der Waals surface area (Å²) in [5.41, 5.74) is 8.49. The molecule has 1 aromatic carbocycles. The molecule has 0 aliphatic rings. The molecule has 3 N–H and O–H groups in total. The summed E-state index contributed by atoms with van der Waals surface area (Å²) in [5, 5.41) is 3.24. The highest BCUT2D eigenvalue weighted by molar-refractivity contribution is 14.1. The third-order valence-corrected chi connectivity index (χ3v) is 3.13. The number of halogens is 1. The molecule has 0 radical (unpaired) electrons. The number of anilines is 3. The molecule has 0 saturated heterocycles. The van der Waals surface area contributed by atoms with Crippen molar-refractivity contribution in [3.63, 3.8) is 0 Å². The third-order valence-electron chi connectivity index (χ3n) is 2.19. The number of pyridine rings is 1. The Morgan fingerprint density at radius 2 is 1.94 bits per heavy atom. The molecule has 0 bridgehead atoms. The lowest BCUT2D eigenvalue weighted by atomic mass is 10.3. The highest BCUT2D eigenvalue weighted by Crippen LogP contribution is 2.24. The molecule has 1 aromatic heterocycles. The van der Waals surface area contributed by atoms with Crippen molar-refractivity contribution in [3.05, 3.63) is 45.7 Å². The van der Waals surface area contributed by atoms with Crippen LogP contribution in [0, 0.1) is 10.5 Å². The first kappa shape index (κ1) is 11.2. The van der Waals surface area contributed by atoms with Gasteiger partial charge in [0.05, 0.1) is 11.4 Å². The summed E-state index contributed by atoms with van der Waals surface area (Å²) in [7, 11) is 0. The fourth-order valence-corrected chi connectivity index (χ4v) is 1.88. The van der Waals surface area contributed by atoms with Crippen molar-refractivity contribution in [2.45, 2.75) is 6.92 Å². The normalized spacial score (nSPS) is 10.1. The van der Waals surface area contributed by atoms with Crippen LogP contribution in [0.2, 0.25) is 0 Å². The number of benzene rings is 1. The van der Waals surface area contributed by atoms with Crippen LogP contribution in [0.3, 0.4) is 0 Å². The Balaban J connectivity index is 2.34. The minimum Gasteiger partial charge on any atom is -0.396 e. The molecule has 0 amide bonds. The number of hydrogen-bond donors (Lipinski definition) is 2. The lowest BCUT2D eigenvalue weighted by Gasteiger charge is -2.10. The number of nitrogen functional groups attached to an aromatic ring is 1. The molecule has 1 heterocycles. The van der Waals surface area contributed by atoms with Gasteiger partial charge >= 0.3 is 0 Å². The number of aromatic nitrogens is 1. The van der Waals surface area contributed by atoms with E-state index < -0.39 is 0 Å². The number of rotatable bonds is 2. The van der Waals surface area contributed by atoms with Gasteiger partial charge in [0.15, 0.2) is 5.82 Å². The van der Waals surface area contributed by atoms with Gasteiger partial charge in [-0.15, -0.1) is 0 Å². The smallest absolute Gasteiger partial charge is 0.153 e. The van der Waals surface area contributed by atoms with Crippen molar-refractivity contribution in [2.24, 2.45) is 0 Å². The minimum atomic E-state index is 0.658. The van der Waals surface area contributed by atoms with E-state index in [0.29, 0.717) is 11.5 Å². The fraction of sp³-hybridized carbons (Fsp3) is 0.0833. The second-order valence-corrected chi connectivity index (χ2v) is 4.66. The van der Waals surface area contributed by atoms with Crippen LogP contribution in [0.1, 0.15) is 5.69 Å². The molecule has 0 fully saturated rings. The molecule has 0 saturated carbocycles. The van der Waals surface area contributed by atoms with E-state index in [4.69, 9.17) is 5.73 Å². The Hall–Kier alpha value is -1.30. The zero-order chi connectivity index (χ0) is 11.5. The van der Waals surface area contributed by atoms with Gasteiger partial charge in [-0.05, 0) is 53.8 Å². The molecule has 2 aromatic rings. The fourth-order valence-electron chi connectivity index (χ4n) is 1.36. The highest BCUT2D eigenvalue weighted by atomic mass is 127. The molecule has 0 aliphatic carbocycles. The van der Waals surface area contributed by atoms with Gasteiger partial charge in [0.2, 0.25) is 0 Å². The zero-order valence-electron chi connectivity index (χ0n) is 8.87. The molecular formula is C12H12IN3. The predicted octanol–water partition coefficient (Wildman–Crippen LogP) is 3.32. The second kappa shape index (κ2) is 4.69. The van der Waals surface area contributed by atoms with E-state index in [2.05, 4.69) is 32.9 Å². The number of nitrogens with two attached hydrogens (primary N) is 1. The van der Waals surface area contributed by atoms with Crippen LogP contribution in [-0.4, -0.2) is 4.98 Å². The van der Waals surface area contributed by atoms with E-state index in [1.54, 1.807) is 0 Å². The van der Waals surface area contributed by atoms with E-state index >= 15 is 0 Å². The maximum Gasteiger partial charge on any atom is 0.153 e. The van der Waals surface area contributed by atoms with E-state index in [1.165, 1.54) is 0 Å². The van der Waals surface area contributed by atoms with Crippen LogP contribution < -0.4 is 11.1 Å². The first-order chi connectivity index (χ1) is 7.66. The Bertz CT molecular complexity index is 511. The van der Waals surface area contributed by atoms with E-state index in [-0.39, 0.29) is 0 Å². The molecule has 16 heavy (non-hydrogen) atoms. The number of para-hydroxylation sites is 1. The standard InChI is InChI=1S/C12H12IN3/c1-8-6-7-10(14)12(15-8)16-11-5-3-2-4-9(11)13/h2-7H,14H2,1H3,(H,15,16). The van der Waals surface area contributed by atoms with Crippen molar-refractivity contribution < 1.29 is 0 Å². The Morgan fingerprint density at radius 3 is 2.69 bits per heavy atom. The van der Waals surface area contributed by atoms with Gasteiger partial charge in [0.25, 0.3) is 0 Å². The monoisotopic (exact) mass is 325 g/mol. The Labute approximate surface area is 108 Å². The number of nitrogens with one attached hydrogen (secondary N) is 1. The van der Waals surface area contributed by atoms with Crippen LogP contribution in [-0.2, 0) is 0 Å². The van der Waals surface area contributed by atoms with Gasteiger partial charge in [-0.1, -0.05) is 12.1 Å². The van der Waals surface area contributed by atoms with Crippen LogP contribution >= 0.6 is 22.6 Å². The van der Waals surface area contributed by atoms with Gasteiger partial charge < -0.3 is 11.1 Å². The summed E-state index contributed by atoms with van der Waals surface area (Å²) in [6.45, 7) is 1.95. The quantitative estimate of drug-likeness (QED) is 0.833. The van der Waals surface area contributed by atoms with Crippen molar-refractivity contribution in [1.82, 2.24) is 4.98 Å². The summed E-state index contributed by atoms with van der Waals surface area (Å²) >= 11 is 2.28. The molecule has 4 heteroatoms. The van der Waals surface area contributed by atoms with E-state index in [0.717, 1.165) is 15.0 Å². The molecule has 0 unspecified atom stereocenters. The Morgan fingerprint density at radius 1 is 1.19 bits per heavy atom. The van der Waals surface area contributed by atoms with Crippen molar-refractivity contribution in [1.29, 1.82) is 0 Å². The minimum absolute atomic E-state index is 0.658. The molecule has 2 rings (SSSR count). The van der Waals surface area contributed by atoms with Gasteiger partial charge in [-0.25, -0.2) is 4.98 Å². The van der Waals surface area contributed by atoms with Crippen LogP contribution in [0.25, 0.3) is 0 Å². The summed E-state index contributed by atoms with van der Waals surface area (Å²) in [5.74, 6) is 0.712. The molecular weight excluding hydrogens is 313 g/mol. The second-order valence-electron chi connectivity index (χ2n) is 3.50. The Kier molecular flexibility index (Phi) is 3.28. The van der Waals surface area contributed by atoms with E-state index in [1.807, 2.05) is 43.3 Å². The van der Waals surface area contributed by atoms with Gasteiger partial charge in [0, 0.05) is 9.26 Å². The van der Waals surface area contributed by atoms with Crippen LogP contribution in [0.5, 0.6) is 0 Å². The van der Waals surface area contributed by atoms with Crippen LogP contribution in [0.15, 0.2) is 36.4 Å². The first-order valence-corrected chi connectivity index (χ1v) is 5.99. The molecule has 0 aliphatic heterocycles. The third kappa shape index (κ3) is 2.44. The maximum absolute atomic E-state index is 5.86. The van der Waals surface area contributed by atoms with Crippen LogP contribution in [0.4, 0.5) is 17.2 Å². The summed E-state index contributed by atoms with van der Waals surface area (Å²) in [6.07, 6.45) is 0. The molecule has 3 nitrogen and oxygen atoms in total. The van der Waals surface area contributed by atoms with E-state index in [9.17, 15) is 0 Å². The van der Waals surface area contributed by atoms with Gasteiger partial charge in [-0.3, -0.25) is 0 Å². The average molecular weight is 325 g/mol. The summed E-state index contributed by atoms with van der Waals surface area (Å²) < 4.78 is 1.14. The van der Waals surface area contributed by atoms with Gasteiger partial charge in [0.1, 0.15) is 0 Å². The lowest BCUT2D eigenvalue weighted by Crippen LogP contribution is -2.01. The van der Waals surface area contributed by atoms with Crippen molar-refractivity contribution >= 4 is 39.8 Å². The zero-order valence-corrected chi connectivity index (χ0v) is 11.0. The first-order valence-electron chi connectivity index (χ1n) is 4.91. The number of hydrogen-bond acceptors (Lipinski definition) is 3. The topological polar surface area (TPSA) is 50.9 Å². The molecule has 0 atom stereocenters. The van der Waals surface area contributed by atoms with Crippen molar-refractivity contribution in [3.8, 4) is 0 Å². The highest BCUT2D eigenvalue weighted by Gasteiger charge is 2.03. The maximum atomic E-state index is 5.86. The predicted molar refractivity (Wildman–Crippen MR) is 75.8 cm³/mol. The largest absolute Gasteiger partial charge is 0.396 e. The number of aryl methyl sites for hydroxylation is 1. The SMILES string of the molecule is Cc1ccc(N)c(Nc2ccccc2I)n1. The summed E-state index contributed by atoms with van der Waals surface area (Å²) in [6, 6.07) is 11.8. The average Bonchev–Trinajstić information content (AvgIpc) is 2.27. The molecule has 0 spiro atoms. The molecule has 82 valence electrons. The number of nitrogens with zero attached hydrogens (tertiary/aromatic N) is 1. The van der Waals surface area contributed by atoms with Gasteiger partial charge in [-0.2, -0.15) is 0 Å². The summed E-state index contributed by atoms with van der Waals surface area (Å²) in [4.78, 5) is 4.37. The van der Waals surface area contributed by atoms with Crippen molar-refractivity contribution in [2.75, 3.05) is 11.1 Å². The lowest BCUT2D eigenvalue weighted by molar-refractivity contribution is 1.20.